The third kappa shape index (κ3) is 2.50. The van der Waals surface area contributed by atoms with Gasteiger partial charge in [0.15, 0.2) is 9.84 Å². The van der Waals surface area contributed by atoms with E-state index < -0.39 is 9.84 Å². The Morgan fingerprint density at radius 2 is 1.70 bits per heavy atom. The highest BCUT2D eigenvalue weighted by atomic mass is 32.2. The molecule has 2 aliphatic carbocycles. The zero-order valence-corrected chi connectivity index (χ0v) is 12.8. The standard InChI is InChI=1S/C17H20O2S/c1-6-16-13(4)9-14(5)17(16)20(18,19)10-15-8-11(2)7-12(15)3/h8H,2-7,9-10H2,1H3. The third-order valence-electron chi connectivity index (χ3n) is 3.73. The van der Waals surface area contributed by atoms with Gasteiger partial charge in [0.05, 0.1) is 10.7 Å². The van der Waals surface area contributed by atoms with Crippen LogP contribution in [0.5, 0.6) is 0 Å². The number of rotatable bonds is 4. The fourth-order valence-corrected chi connectivity index (χ4v) is 4.86. The molecule has 0 fully saturated rings. The maximum absolute atomic E-state index is 12.7. The summed E-state index contributed by atoms with van der Waals surface area (Å²) in [6.45, 7) is 17.6. The molecule has 0 saturated carbocycles. The summed E-state index contributed by atoms with van der Waals surface area (Å²) in [7, 11) is -3.39. The Labute approximate surface area is 121 Å². The summed E-state index contributed by atoms with van der Waals surface area (Å²) in [5.41, 5.74) is 4.90. The second kappa shape index (κ2) is 5.06. The van der Waals surface area contributed by atoms with Crippen LogP contribution in [0.3, 0.4) is 0 Å². The Morgan fingerprint density at radius 1 is 1.05 bits per heavy atom. The summed E-state index contributed by atoms with van der Waals surface area (Å²) in [5.74, 6) is -0.0179. The zero-order valence-electron chi connectivity index (χ0n) is 12.0. The topological polar surface area (TPSA) is 34.1 Å². The Bertz CT molecular complexity index is 697. The Morgan fingerprint density at radius 3 is 2.20 bits per heavy atom. The first-order chi connectivity index (χ1) is 9.26. The van der Waals surface area contributed by atoms with Crippen molar-refractivity contribution in [3.8, 4) is 0 Å². The monoisotopic (exact) mass is 288 g/mol. The molecule has 0 aromatic rings. The first-order valence-corrected chi connectivity index (χ1v) is 8.30. The largest absolute Gasteiger partial charge is 0.223 e. The van der Waals surface area contributed by atoms with E-state index in [4.69, 9.17) is 0 Å². The van der Waals surface area contributed by atoms with Gasteiger partial charge in [0.25, 0.3) is 0 Å². The molecule has 0 heterocycles. The van der Waals surface area contributed by atoms with Crippen molar-refractivity contribution in [3.05, 3.63) is 70.7 Å². The van der Waals surface area contributed by atoms with Gasteiger partial charge in [-0.3, -0.25) is 0 Å². The lowest BCUT2D eigenvalue weighted by Gasteiger charge is -2.10. The minimum atomic E-state index is -3.39. The molecule has 0 amide bonds. The van der Waals surface area contributed by atoms with E-state index in [1.807, 2.05) is 13.0 Å². The maximum atomic E-state index is 12.7. The SMILES string of the molecule is C=C1C=C(CS(=O)(=O)C2=C(CC)C(=C)CC2=C)C(=C)C1. The van der Waals surface area contributed by atoms with Crippen LogP contribution >= 0.6 is 0 Å². The molecular formula is C17H20O2S. The Balaban J connectivity index is 2.41. The molecule has 0 N–H and O–H groups in total. The highest BCUT2D eigenvalue weighted by Crippen LogP contribution is 2.40. The van der Waals surface area contributed by atoms with Crippen LogP contribution in [0.15, 0.2) is 70.7 Å². The molecule has 2 nitrogen and oxygen atoms in total. The number of hydrogen-bond donors (Lipinski definition) is 0. The average molecular weight is 288 g/mol. The Kier molecular flexibility index (Phi) is 3.74. The van der Waals surface area contributed by atoms with Gasteiger partial charge in [-0.05, 0) is 47.1 Å². The summed E-state index contributed by atoms with van der Waals surface area (Å²) in [6, 6.07) is 0. The van der Waals surface area contributed by atoms with E-state index in [-0.39, 0.29) is 5.75 Å². The van der Waals surface area contributed by atoms with Crippen LogP contribution in [0.25, 0.3) is 0 Å². The van der Waals surface area contributed by atoms with E-state index in [0.717, 1.165) is 27.9 Å². The van der Waals surface area contributed by atoms with Crippen LogP contribution in [-0.4, -0.2) is 14.2 Å². The molecule has 20 heavy (non-hydrogen) atoms. The lowest BCUT2D eigenvalue weighted by atomic mass is 10.1. The van der Waals surface area contributed by atoms with Crippen LogP contribution in [-0.2, 0) is 9.84 Å². The number of hydrogen-bond acceptors (Lipinski definition) is 2. The van der Waals surface area contributed by atoms with Gasteiger partial charge >= 0.3 is 0 Å². The quantitative estimate of drug-likeness (QED) is 0.783. The fourth-order valence-electron chi connectivity index (χ4n) is 2.84. The van der Waals surface area contributed by atoms with Crippen LogP contribution < -0.4 is 0 Å². The van der Waals surface area contributed by atoms with E-state index in [2.05, 4.69) is 26.3 Å². The molecule has 0 spiro atoms. The van der Waals surface area contributed by atoms with E-state index in [1.54, 1.807) is 0 Å². The molecule has 2 aliphatic rings. The highest BCUT2D eigenvalue weighted by Gasteiger charge is 2.32. The smallest absolute Gasteiger partial charge is 0.183 e. The third-order valence-corrected chi connectivity index (χ3v) is 5.58. The van der Waals surface area contributed by atoms with Crippen molar-refractivity contribution in [1.29, 1.82) is 0 Å². The highest BCUT2D eigenvalue weighted by molar-refractivity contribution is 7.95. The van der Waals surface area contributed by atoms with Crippen molar-refractivity contribution in [2.24, 2.45) is 0 Å². The average Bonchev–Trinajstić information content (AvgIpc) is 2.78. The van der Waals surface area contributed by atoms with Gasteiger partial charge in [-0.2, -0.15) is 0 Å². The van der Waals surface area contributed by atoms with Gasteiger partial charge < -0.3 is 0 Å². The van der Waals surface area contributed by atoms with Gasteiger partial charge in [-0.1, -0.05) is 44.9 Å². The molecule has 3 heteroatoms. The molecule has 0 radical (unpaired) electrons. The van der Waals surface area contributed by atoms with Crippen LogP contribution in [0.1, 0.15) is 26.2 Å². The maximum Gasteiger partial charge on any atom is 0.183 e. The lowest BCUT2D eigenvalue weighted by Crippen LogP contribution is -2.12. The minimum Gasteiger partial charge on any atom is -0.223 e. The molecule has 2 rings (SSSR count). The van der Waals surface area contributed by atoms with E-state index in [9.17, 15) is 8.42 Å². The summed E-state index contributed by atoms with van der Waals surface area (Å²) >= 11 is 0. The first-order valence-electron chi connectivity index (χ1n) is 6.65. The van der Waals surface area contributed by atoms with Crippen molar-refractivity contribution in [2.75, 3.05) is 5.75 Å². The number of sulfone groups is 1. The van der Waals surface area contributed by atoms with Gasteiger partial charge in [0, 0.05) is 0 Å². The van der Waals surface area contributed by atoms with E-state index in [0.29, 0.717) is 29.7 Å². The zero-order chi connectivity index (χ0) is 15.1. The van der Waals surface area contributed by atoms with Crippen LogP contribution in [0, 0.1) is 0 Å². The van der Waals surface area contributed by atoms with E-state index in [1.165, 1.54) is 0 Å². The van der Waals surface area contributed by atoms with Crippen molar-refractivity contribution < 1.29 is 8.42 Å². The number of allylic oxidation sites excluding steroid dienone is 6. The summed E-state index contributed by atoms with van der Waals surface area (Å²) in [5, 5.41) is 0. The minimum absolute atomic E-state index is 0.0179. The summed E-state index contributed by atoms with van der Waals surface area (Å²) < 4.78 is 25.4. The molecule has 0 unspecified atom stereocenters. The molecule has 0 bridgehead atoms. The van der Waals surface area contributed by atoms with Gasteiger partial charge in [0.2, 0.25) is 0 Å². The fraction of sp³-hybridized carbons (Fsp3) is 0.294. The second-order valence-electron chi connectivity index (χ2n) is 5.41. The van der Waals surface area contributed by atoms with Gasteiger partial charge in [-0.15, -0.1) is 0 Å². The molecular weight excluding hydrogens is 268 g/mol. The molecule has 0 saturated heterocycles. The normalized spacial score (nSPS) is 20.1. The predicted octanol–water partition coefficient (Wildman–Crippen LogP) is 4.02. The predicted molar refractivity (Wildman–Crippen MR) is 85.0 cm³/mol. The van der Waals surface area contributed by atoms with Crippen LogP contribution in [0.4, 0.5) is 0 Å². The van der Waals surface area contributed by atoms with Gasteiger partial charge in [-0.25, -0.2) is 8.42 Å². The van der Waals surface area contributed by atoms with Crippen LogP contribution in [0.2, 0.25) is 0 Å². The first kappa shape index (κ1) is 14.8. The molecule has 0 aliphatic heterocycles. The summed E-state index contributed by atoms with van der Waals surface area (Å²) in [4.78, 5) is 0.399. The Hall–Kier alpha value is -1.61. The van der Waals surface area contributed by atoms with Crippen molar-refractivity contribution >= 4 is 9.84 Å². The summed E-state index contributed by atoms with van der Waals surface area (Å²) in [6.07, 6.45) is 3.72. The second-order valence-corrected chi connectivity index (χ2v) is 7.34. The lowest BCUT2D eigenvalue weighted by molar-refractivity contribution is 0.604. The molecule has 0 aromatic heterocycles. The van der Waals surface area contributed by atoms with Crippen molar-refractivity contribution in [1.82, 2.24) is 0 Å². The molecule has 106 valence electrons. The molecule has 0 atom stereocenters. The van der Waals surface area contributed by atoms with Gasteiger partial charge in [0.1, 0.15) is 0 Å². The van der Waals surface area contributed by atoms with Crippen molar-refractivity contribution in [2.45, 2.75) is 26.2 Å². The van der Waals surface area contributed by atoms with E-state index >= 15 is 0 Å². The van der Waals surface area contributed by atoms with Crippen molar-refractivity contribution in [3.63, 3.8) is 0 Å². The molecule has 0 aromatic carbocycles.